The zero-order valence-electron chi connectivity index (χ0n) is 9.78. The number of hydrogen-bond donors (Lipinski definition) is 1. The molecule has 0 aliphatic heterocycles. The molecule has 2 N–H and O–H groups in total. The average molecular weight is 276 g/mol. The fourth-order valence-electron chi connectivity index (χ4n) is 1.43. The minimum absolute atomic E-state index is 0.00169. The molecule has 0 radical (unpaired) electrons. The van der Waals surface area contributed by atoms with E-state index >= 15 is 0 Å². The number of halogens is 2. The van der Waals surface area contributed by atoms with Gasteiger partial charge >= 0.3 is 0 Å². The summed E-state index contributed by atoms with van der Waals surface area (Å²) in [6.45, 7) is 4.98. The summed E-state index contributed by atoms with van der Waals surface area (Å²) >= 11 is 10.6. The minimum atomic E-state index is -0.436. The van der Waals surface area contributed by atoms with Crippen LogP contribution < -0.4 is 10.6 Å². The van der Waals surface area contributed by atoms with Crippen molar-refractivity contribution in [3.63, 3.8) is 0 Å². The van der Waals surface area contributed by atoms with Crippen molar-refractivity contribution in [3.05, 3.63) is 23.1 Å². The van der Waals surface area contributed by atoms with E-state index in [0.717, 1.165) is 0 Å². The van der Waals surface area contributed by atoms with Crippen LogP contribution in [0.15, 0.2) is 12.3 Å². The summed E-state index contributed by atoms with van der Waals surface area (Å²) in [5.41, 5.74) is 5.55. The first-order valence-corrected chi connectivity index (χ1v) is 6.09. The fourth-order valence-corrected chi connectivity index (χ4v) is 1.65. The van der Waals surface area contributed by atoms with Gasteiger partial charge in [0.05, 0.1) is 10.0 Å². The second-order valence-corrected chi connectivity index (χ2v) is 4.71. The fraction of sp³-hybridized carbons (Fsp3) is 0.455. The third-order valence-corrected chi connectivity index (χ3v) is 3.06. The molecule has 6 heteroatoms. The van der Waals surface area contributed by atoms with Crippen LogP contribution >= 0.6 is 23.8 Å². The Morgan fingerprint density at radius 1 is 1.71 bits per heavy atom. The van der Waals surface area contributed by atoms with Crippen molar-refractivity contribution in [1.29, 1.82) is 0 Å². The van der Waals surface area contributed by atoms with Gasteiger partial charge in [0.15, 0.2) is 11.6 Å². The maximum absolute atomic E-state index is 13.7. The van der Waals surface area contributed by atoms with Gasteiger partial charge in [-0.3, -0.25) is 0 Å². The molecule has 17 heavy (non-hydrogen) atoms. The standard InChI is InChI=1S/C11H15ClFN3S/c1-3-16(6-7(2)10(14)17)11-9(13)4-8(12)5-15-11/h4-5,7H,3,6H2,1-2H3,(H2,14,17). The Morgan fingerprint density at radius 3 is 2.82 bits per heavy atom. The van der Waals surface area contributed by atoms with Gasteiger partial charge in [-0.2, -0.15) is 0 Å². The molecule has 3 nitrogen and oxygen atoms in total. The Kier molecular flexibility index (Phi) is 5.08. The van der Waals surface area contributed by atoms with Gasteiger partial charge in [0.1, 0.15) is 0 Å². The predicted molar refractivity (Wildman–Crippen MR) is 73.0 cm³/mol. The summed E-state index contributed by atoms with van der Waals surface area (Å²) in [6, 6.07) is 1.25. The summed E-state index contributed by atoms with van der Waals surface area (Å²) in [7, 11) is 0. The molecule has 0 saturated heterocycles. The highest BCUT2D eigenvalue weighted by Crippen LogP contribution is 2.20. The number of thiocarbonyl (C=S) groups is 1. The van der Waals surface area contributed by atoms with Crippen molar-refractivity contribution in [2.24, 2.45) is 11.7 Å². The van der Waals surface area contributed by atoms with E-state index in [1.807, 2.05) is 13.8 Å². The van der Waals surface area contributed by atoms with Crippen molar-refractivity contribution < 1.29 is 4.39 Å². The highest BCUT2D eigenvalue weighted by atomic mass is 35.5. The minimum Gasteiger partial charge on any atom is -0.393 e. The van der Waals surface area contributed by atoms with Crippen LogP contribution in [0, 0.1) is 11.7 Å². The van der Waals surface area contributed by atoms with Gasteiger partial charge in [-0.25, -0.2) is 9.37 Å². The Morgan fingerprint density at radius 2 is 2.35 bits per heavy atom. The zero-order valence-corrected chi connectivity index (χ0v) is 11.4. The number of aromatic nitrogens is 1. The van der Waals surface area contributed by atoms with E-state index in [1.54, 1.807) is 4.90 Å². The van der Waals surface area contributed by atoms with Gasteiger partial charge in [0.25, 0.3) is 0 Å². The monoisotopic (exact) mass is 275 g/mol. The normalized spacial score (nSPS) is 12.2. The molecule has 0 fully saturated rings. The Hall–Kier alpha value is -0.940. The van der Waals surface area contributed by atoms with Crippen LogP contribution in [0.3, 0.4) is 0 Å². The van der Waals surface area contributed by atoms with Gasteiger partial charge < -0.3 is 10.6 Å². The maximum Gasteiger partial charge on any atom is 0.167 e. The third kappa shape index (κ3) is 3.78. The van der Waals surface area contributed by atoms with Crippen LogP contribution in [-0.2, 0) is 0 Å². The van der Waals surface area contributed by atoms with E-state index in [1.165, 1.54) is 12.3 Å². The van der Waals surface area contributed by atoms with Crippen LogP contribution in [0.4, 0.5) is 10.2 Å². The summed E-state index contributed by atoms with van der Waals surface area (Å²) < 4.78 is 13.7. The first-order chi connectivity index (χ1) is 7.95. The molecule has 0 spiro atoms. The summed E-state index contributed by atoms with van der Waals surface area (Å²) in [5, 5.41) is 0.282. The predicted octanol–water partition coefficient (Wildman–Crippen LogP) is 2.62. The summed E-state index contributed by atoms with van der Waals surface area (Å²) in [4.78, 5) is 6.20. The van der Waals surface area contributed by atoms with Gasteiger partial charge in [0.2, 0.25) is 0 Å². The lowest BCUT2D eigenvalue weighted by Gasteiger charge is -2.25. The lowest BCUT2D eigenvalue weighted by atomic mass is 10.1. The van der Waals surface area contributed by atoms with Crippen LogP contribution in [0.2, 0.25) is 5.02 Å². The van der Waals surface area contributed by atoms with Crippen molar-refractivity contribution >= 4 is 34.6 Å². The van der Waals surface area contributed by atoms with Gasteiger partial charge in [0, 0.05) is 25.2 Å². The molecule has 94 valence electrons. The van der Waals surface area contributed by atoms with Crippen molar-refractivity contribution in [1.82, 2.24) is 4.98 Å². The second kappa shape index (κ2) is 6.12. The quantitative estimate of drug-likeness (QED) is 0.839. The van der Waals surface area contributed by atoms with Gasteiger partial charge in [-0.05, 0) is 13.0 Å². The van der Waals surface area contributed by atoms with Gasteiger partial charge in [-0.15, -0.1) is 0 Å². The number of nitrogens with zero attached hydrogens (tertiary/aromatic N) is 2. The molecule has 0 bridgehead atoms. The highest BCUT2D eigenvalue weighted by Gasteiger charge is 2.16. The molecule has 0 aliphatic rings. The molecular weight excluding hydrogens is 261 g/mol. The molecule has 1 aromatic rings. The van der Waals surface area contributed by atoms with E-state index in [2.05, 4.69) is 4.98 Å². The molecule has 0 saturated carbocycles. The van der Waals surface area contributed by atoms with Gasteiger partial charge in [-0.1, -0.05) is 30.7 Å². The molecule has 1 unspecified atom stereocenters. The lowest BCUT2D eigenvalue weighted by molar-refractivity contribution is 0.601. The van der Waals surface area contributed by atoms with E-state index in [-0.39, 0.29) is 16.8 Å². The topological polar surface area (TPSA) is 42.1 Å². The highest BCUT2D eigenvalue weighted by molar-refractivity contribution is 7.80. The van der Waals surface area contributed by atoms with Crippen molar-refractivity contribution in [2.75, 3.05) is 18.0 Å². The Balaban J connectivity index is 2.90. The zero-order chi connectivity index (χ0) is 13.0. The van der Waals surface area contributed by atoms with Crippen molar-refractivity contribution in [3.8, 4) is 0 Å². The molecule has 1 atom stereocenters. The van der Waals surface area contributed by atoms with E-state index in [4.69, 9.17) is 29.6 Å². The first-order valence-electron chi connectivity index (χ1n) is 5.31. The van der Waals surface area contributed by atoms with E-state index < -0.39 is 5.82 Å². The molecular formula is C11H15ClFN3S. The molecule has 1 rings (SSSR count). The average Bonchev–Trinajstić information content (AvgIpc) is 2.26. The Labute approximate surface area is 111 Å². The molecule has 0 amide bonds. The SMILES string of the molecule is CCN(CC(C)C(N)=S)c1ncc(Cl)cc1F. The van der Waals surface area contributed by atoms with E-state index in [9.17, 15) is 4.39 Å². The lowest BCUT2D eigenvalue weighted by Crippen LogP contribution is -2.34. The van der Waals surface area contributed by atoms with Crippen LogP contribution in [0.1, 0.15) is 13.8 Å². The number of nitrogens with two attached hydrogens (primary N) is 1. The molecule has 0 aliphatic carbocycles. The van der Waals surface area contributed by atoms with Crippen LogP contribution in [0.5, 0.6) is 0 Å². The number of rotatable bonds is 5. The largest absolute Gasteiger partial charge is 0.393 e. The maximum atomic E-state index is 13.7. The third-order valence-electron chi connectivity index (χ3n) is 2.45. The number of anilines is 1. The van der Waals surface area contributed by atoms with Crippen molar-refractivity contribution in [2.45, 2.75) is 13.8 Å². The first kappa shape index (κ1) is 14.1. The Bertz CT molecular complexity index is 414. The molecule has 0 aromatic carbocycles. The van der Waals surface area contributed by atoms with Crippen LogP contribution in [0.25, 0.3) is 0 Å². The second-order valence-electron chi connectivity index (χ2n) is 3.80. The smallest absolute Gasteiger partial charge is 0.167 e. The number of hydrogen-bond acceptors (Lipinski definition) is 3. The molecule has 1 aromatic heterocycles. The van der Waals surface area contributed by atoms with Crippen LogP contribution in [-0.4, -0.2) is 23.1 Å². The summed E-state index contributed by atoms with van der Waals surface area (Å²) in [6.07, 6.45) is 1.42. The number of pyridine rings is 1. The molecule has 1 heterocycles. The van der Waals surface area contributed by atoms with E-state index in [0.29, 0.717) is 18.1 Å². The summed E-state index contributed by atoms with van der Waals surface area (Å²) in [5.74, 6) is -0.156.